The number of hydrogen-bond acceptors (Lipinski definition) is 4. The predicted molar refractivity (Wildman–Crippen MR) is 95.5 cm³/mol. The number of nitrogens with one attached hydrogen (secondary N) is 2. The molecule has 0 bridgehead atoms. The van der Waals surface area contributed by atoms with Crippen molar-refractivity contribution in [3.8, 4) is 11.5 Å². The number of amides is 1. The quantitative estimate of drug-likeness (QED) is 0.697. The molecule has 0 radical (unpaired) electrons. The molecule has 0 heterocycles. The Bertz CT molecular complexity index is 656. The summed E-state index contributed by atoms with van der Waals surface area (Å²) in [7, 11) is 1.62. The van der Waals surface area contributed by atoms with Crippen LogP contribution in [0.15, 0.2) is 48.5 Å². The van der Waals surface area contributed by atoms with E-state index in [1.54, 1.807) is 19.2 Å². The Kier molecular flexibility index (Phi) is 6.49. The number of ether oxygens (including phenoxy) is 1. The minimum absolute atomic E-state index is 0.0286. The summed E-state index contributed by atoms with van der Waals surface area (Å²) in [5.74, 6) is 0.970. The fourth-order valence-electron chi connectivity index (χ4n) is 2.38. The van der Waals surface area contributed by atoms with Crippen LogP contribution in [0.2, 0.25) is 0 Å². The van der Waals surface area contributed by atoms with E-state index in [0.29, 0.717) is 13.0 Å². The second-order valence-electron chi connectivity index (χ2n) is 5.54. The van der Waals surface area contributed by atoms with Gasteiger partial charge in [-0.15, -0.1) is 0 Å². The van der Waals surface area contributed by atoms with Crippen molar-refractivity contribution in [2.45, 2.75) is 25.8 Å². The van der Waals surface area contributed by atoms with Crippen LogP contribution in [0, 0.1) is 0 Å². The van der Waals surface area contributed by atoms with E-state index in [0.717, 1.165) is 23.4 Å². The number of hydrogen-bond donors (Lipinski definition) is 3. The van der Waals surface area contributed by atoms with Crippen molar-refractivity contribution in [1.29, 1.82) is 0 Å². The van der Waals surface area contributed by atoms with Crippen LogP contribution in [0.4, 0.5) is 5.69 Å². The molecule has 128 valence electrons. The van der Waals surface area contributed by atoms with E-state index in [-0.39, 0.29) is 17.7 Å². The number of aromatic hydroxyl groups is 1. The maximum Gasteiger partial charge on any atom is 0.242 e. The van der Waals surface area contributed by atoms with Crippen LogP contribution < -0.4 is 15.4 Å². The highest BCUT2D eigenvalue weighted by Gasteiger charge is 2.15. The fourth-order valence-corrected chi connectivity index (χ4v) is 2.38. The third kappa shape index (κ3) is 5.19. The number of phenolic OH excluding ortho intramolecular Hbond substituents is 1. The largest absolute Gasteiger partial charge is 0.508 e. The zero-order valence-corrected chi connectivity index (χ0v) is 14.1. The van der Waals surface area contributed by atoms with Crippen LogP contribution in [0.25, 0.3) is 0 Å². The first-order valence-corrected chi connectivity index (χ1v) is 8.08. The second kappa shape index (κ2) is 8.82. The summed E-state index contributed by atoms with van der Waals surface area (Å²) in [6, 6.07) is 14.2. The third-order valence-electron chi connectivity index (χ3n) is 3.78. The SMILES string of the molecule is CC[C@H](Nc1cccc(OC)c1)C(=O)NCCc1ccc(O)cc1. The van der Waals surface area contributed by atoms with Gasteiger partial charge in [-0.25, -0.2) is 0 Å². The minimum Gasteiger partial charge on any atom is -0.508 e. The van der Waals surface area contributed by atoms with Gasteiger partial charge in [-0.2, -0.15) is 0 Å². The average Bonchev–Trinajstić information content (AvgIpc) is 2.61. The molecule has 1 amide bonds. The molecule has 3 N–H and O–H groups in total. The van der Waals surface area contributed by atoms with Gasteiger partial charge in [0.2, 0.25) is 5.91 Å². The second-order valence-corrected chi connectivity index (χ2v) is 5.54. The van der Waals surface area contributed by atoms with Crippen molar-refractivity contribution in [2.24, 2.45) is 0 Å². The Balaban J connectivity index is 1.85. The topological polar surface area (TPSA) is 70.6 Å². The Morgan fingerprint density at radius 2 is 1.96 bits per heavy atom. The van der Waals surface area contributed by atoms with Crippen LogP contribution >= 0.6 is 0 Å². The molecule has 0 unspecified atom stereocenters. The molecule has 2 aromatic rings. The first kappa shape index (κ1) is 17.7. The fraction of sp³-hybridized carbons (Fsp3) is 0.316. The third-order valence-corrected chi connectivity index (χ3v) is 3.78. The number of anilines is 1. The lowest BCUT2D eigenvalue weighted by molar-refractivity contribution is -0.121. The molecular weight excluding hydrogens is 304 g/mol. The number of benzene rings is 2. The van der Waals surface area contributed by atoms with Crippen molar-refractivity contribution < 1.29 is 14.6 Å². The van der Waals surface area contributed by atoms with Gasteiger partial charge in [-0.05, 0) is 42.7 Å². The van der Waals surface area contributed by atoms with Gasteiger partial charge >= 0.3 is 0 Å². The van der Waals surface area contributed by atoms with Crippen molar-refractivity contribution >= 4 is 11.6 Å². The summed E-state index contributed by atoms with van der Waals surface area (Å²) >= 11 is 0. The summed E-state index contributed by atoms with van der Waals surface area (Å²) < 4.78 is 5.19. The van der Waals surface area contributed by atoms with Gasteiger partial charge in [-0.3, -0.25) is 4.79 Å². The van der Waals surface area contributed by atoms with E-state index in [1.165, 1.54) is 0 Å². The van der Waals surface area contributed by atoms with Crippen molar-refractivity contribution in [3.63, 3.8) is 0 Å². The summed E-state index contributed by atoms with van der Waals surface area (Å²) in [5, 5.41) is 15.5. The average molecular weight is 328 g/mol. The molecule has 2 rings (SSSR count). The van der Waals surface area contributed by atoms with Gasteiger partial charge in [0.25, 0.3) is 0 Å². The van der Waals surface area contributed by atoms with Crippen LogP contribution in [0.3, 0.4) is 0 Å². The Hall–Kier alpha value is -2.69. The van der Waals surface area contributed by atoms with E-state index in [4.69, 9.17) is 4.74 Å². The number of phenols is 1. The number of rotatable bonds is 8. The van der Waals surface area contributed by atoms with Gasteiger partial charge in [0, 0.05) is 18.3 Å². The molecular formula is C19H24N2O3. The maximum absolute atomic E-state index is 12.3. The number of carbonyl (C=O) groups excluding carboxylic acids is 1. The van der Waals surface area contributed by atoms with E-state index < -0.39 is 0 Å². The monoisotopic (exact) mass is 328 g/mol. The lowest BCUT2D eigenvalue weighted by Crippen LogP contribution is -2.40. The van der Waals surface area contributed by atoms with Gasteiger partial charge in [0.15, 0.2) is 0 Å². The van der Waals surface area contributed by atoms with Crippen LogP contribution in [-0.2, 0) is 11.2 Å². The predicted octanol–water partition coefficient (Wildman–Crippen LogP) is 2.95. The van der Waals surface area contributed by atoms with E-state index >= 15 is 0 Å². The molecule has 5 heteroatoms. The summed E-state index contributed by atoms with van der Waals surface area (Å²) in [4.78, 5) is 12.3. The molecule has 1 atom stereocenters. The smallest absolute Gasteiger partial charge is 0.242 e. The summed E-state index contributed by atoms with van der Waals surface area (Å²) in [5.41, 5.74) is 1.93. The molecule has 0 spiro atoms. The zero-order chi connectivity index (χ0) is 17.4. The maximum atomic E-state index is 12.3. The van der Waals surface area contributed by atoms with E-state index in [9.17, 15) is 9.90 Å². The van der Waals surface area contributed by atoms with Gasteiger partial charge in [-0.1, -0.05) is 25.1 Å². The van der Waals surface area contributed by atoms with Crippen LogP contribution in [0.1, 0.15) is 18.9 Å². The molecule has 0 saturated heterocycles. The molecule has 24 heavy (non-hydrogen) atoms. The highest BCUT2D eigenvalue weighted by molar-refractivity contribution is 5.84. The first-order chi connectivity index (χ1) is 11.6. The zero-order valence-electron chi connectivity index (χ0n) is 14.1. The van der Waals surface area contributed by atoms with Crippen molar-refractivity contribution in [1.82, 2.24) is 5.32 Å². The van der Waals surface area contributed by atoms with Crippen LogP contribution in [-0.4, -0.2) is 30.7 Å². The molecule has 0 aliphatic heterocycles. The van der Waals surface area contributed by atoms with E-state index in [2.05, 4.69) is 10.6 Å². The Morgan fingerprint density at radius 1 is 1.21 bits per heavy atom. The van der Waals surface area contributed by atoms with Crippen molar-refractivity contribution in [2.75, 3.05) is 19.0 Å². The lowest BCUT2D eigenvalue weighted by Gasteiger charge is -2.18. The van der Waals surface area contributed by atoms with E-state index in [1.807, 2.05) is 43.3 Å². The minimum atomic E-state index is -0.295. The lowest BCUT2D eigenvalue weighted by atomic mass is 10.1. The molecule has 5 nitrogen and oxygen atoms in total. The first-order valence-electron chi connectivity index (χ1n) is 8.08. The Morgan fingerprint density at radius 3 is 2.62 bits per heavy atom. The summed E-state index contributed by atoms with van der Waals surface area (Å²) in [6.07, 6.45) is 1.41. The van der Waals surface area contributed by atoms with Crippen LogP contribution in [0.5, 0.6) is 11.5 Å². The van der Waals surface area contributed by atoms with Gasteiger partial charge in [0.1, 0.15) is 17.5 Å². The van der Waals surface area contributed by atoms with Crippen molar-refractivity contribution in [3.05, 3.63) is 54.1 Å². The molecule has 2 aromatic carbocycles. The standard InChI is InChI=1S/C19H24N2O3/c1-3-18(21-15-5-4-6-17(13-15)24-2)19(23)20-12-11-14-7-9-16(22)10-8-14/h4-10,13,18,21-22H,3,11-12H2,1-2H3,(H,20,23)/t18-/m0/s1. The molecule has 0 aliphatic rings. The normalized spacial score (nSPS) is 11.6. The highest BCUT2D eigenvalue weighted by Crippen LogP contribution is 2.18. The molecule has 0 saturated carbocycles. The van der Waals surface area contributed by atoms with Gasteiger partial charge in [0.05, 0.1) is 7.11 Å². The summed E-state index contributed by atoms with van der Waals surface area (Å²) in [6.45, 7) is 2.53. The molecule has 0 aromatic heterocycles. The number of carbonyl (C=O) groups is 1. The number of methoxy groups -OCH3 is 1. The molecule has 0 fully saturated rings. The van der Waals surface area contributed by atoms with Gasteiger partial charge < -0.3 is 20.5 Å². The highest BCUT2D eigenvalue weighted by atomic mass is 16.5. The molecule has 0 aliphatic carbocycles. The Labute approximate surface area is 142 Å².